The molecule has 1 aromatic rings. The Morgan fingerprint density at radius 2 is 2.14 bits per heavy atom. The van der Waals surface area contributed by atoms with Gasteiger partial charge in [-0.1, -0.05) is 0 Å². The van der Waals surface area contributed by atoms with Crippen molar-refractivity contribution in [2.75, 3.05) is 13.2 Å². The highest BCUT2D eigenvalue weighted by atomic mass is 16.3. The summed E-state index contributed by atoms with van der Waals surface area (Å²) in [5.41, 5.74) is 0.483. The van der Waals surface area contributed by atoms with Crippen LogP contribution in [0.25, 0.3) is 0 Å². The van der Waals surface area contributed by atoms with Gasteiger partial charge in [-0.2, -0.15) is 0 Å². The lowest BCUT2D eigenvalue weighted by molar-refractivity contribution is 0.0622. The molecular formula is C9H8N2O3. The number of carbonyl (C=O) groups is 2. The first-order valence-corrected chi connectivity index (χ1v) is 4.18. The number of hydrogen-bond donors (Lipinski definition) is 1. The summed E-state index contributed by atoms with van der Waals surface area (Å²) in [5.74, 6) is -0.813. The molecule has 5 heteroatoms. The van der Waals surface area contributed by atoms with Gasteiger partial charge in [0.15, 0.2) is 0 Å². The lowest BCUT2D eigenvalue weighted by Crippen LogP contribution is -2.32. The van der Waals surface area contributed by atoms with Crippen molar-refractivity contribution in [3.05, 3.63) is 29.6 Å². The van der Waals surface area contributed by atoms with Gasteiger partial charge < -0.3 is 5.11 Å². The number of amides is 2. The minimum atomic E-state index is -0.431. The second-order valence-corrected chi connectivity index (χ2v) is 2.89. The molecule has 72 valence electrons. The summed E-state index contributed by atoms with van der Waals surface area (Å²) in [5, 5.41) is 8.67. The number of nitrogens with zero attached hydrogens (tertiary/aromatic N) is 2. The summed E-state index contributed by atoms with van der Waals surface area (Å²) in [4.78, 5) is 27.9. The quantitative estimate of drug-likeness (QED) is 0.651. The van der Waals surface area contributed by atoms with Crippen molar-refractivity contribution in [1.29, 1.82) is 0 Å². The monoisotopic (exact) mass is 192 g/mol. The molecule has 0 unspecified atom stereocenters. The van der Waals surface area contributed by atoms with Crippen LogP contribution in [0.5, 0.6) is 0 Å². The van der Waals surface area contributed by atoms with E-state index in [9.17, 15) is 9.59 Å². The summed E-state index contributed by atoms with van der Waals surface area (Å²) in [7, 11) is 0. The summed E-state index contributed by atoms with van der Waals surface area (Å²) in [6.07, 6.45) is 1.46. The Labute approximate surface area is 80.0 Å². The Kier molecular flexibility index (Phi) is 2.01. The maximum atomic E-state index is 11.6. The van der Waals surface area contributed by atoms with Crippen LogP contribution < -0.4 is 0 Å². The highest BCUT2D eigenvalue weighted by Gasteiger charge is 2.35. The smallest absolute Gasteiger partial charge is 0.280 e. The van der Waals surface area contributed by atoms with Gasteiger partial charge in [-0.25, -0.2) is 0 Å². The first kappa shape index (κ1) is 8.83. The van der Waals surface area contributed by atoms with Crippen LogP contribution >= 0.6 is 0 Å². The van der Waals surface area contributed by atoms with E-state index in [2.05, 4.69) is 4.98 Å². The first-order chi connectivity index (χ1) is 6.75. The number of fused-ring (bicyclic) bond motifs is 1. The van der Waals surface area contributed by atoms with E-state index in [1.54, 1.807) is 12.1 Å². The fourth-order valence-corrected chi connectivity index (χ4v) is 1.42. The first-order valence-electron chi connectivity index (χ1n) is 4.18. The van der Waals surface area contributed by atoms with Crippen molar-refractivity contribution in [2.45, 2.75) is 0 Å². The van der Waals surface area contributed by atoms with Crippen LogP contribution in [0.1, 0.15) is 20.8 Å². The second kappa shape index (κ2) is 3.19. The maximum Gasteiger partial charge on any atom is 0.280 e. The molecular weight excluding hydrogens is 184 g/mol. The summed E-state index contributed by atoms with van der Waals surface area (Å²) >= 11 is 0. The minimum absolute atomic E-state index is 0.0219. The number of aliphatic hydroxyl groups excluding tert-OH is 1. The summed E-state index contributed by atoms with van der Waals surface area (Å²) in [6, 6.07) is 3.16. The number of hydrogen-bond acceptors (Lipinski definition) is 4. The Morgan fingerprint density at radius 1 is 1.36 bits per heavy atom. The Morgan fingerprint density at radius 3 is 2.79 bits per heavy atom. The highest BCUT2D eigenvalue weighted by Crippen LogP contribution is 2.19. The molecule has 1 aromatic heterocycles. The van der Waals surface area contributed by atoms with Crippen LogP contribution in [-0.4, -0.2) is 40.0 Å². The van der Waals surface area contributed by atoms with Gasteiger partial charge in [-0.05, 0) is 12.1 Å². The Bertz CT molecular complexity index is 368. The minimum Gasteiger partial charge on any atom is -0.395 e. The largest absolute Gasteiger partial charge is 0.395 e. The van der Waals surface area contributed by atoms with Gasteiger partial charge in [-0.15, -0.1) is 0 Å². The van der Waals surface area contributed by atoms with Gasteiger partial charge in [-0.3, -0.25) is 19.5 Å². The topological polar surface area (TPSA) is 70.5 Å². The molecule has 0 bridgehead atoms. The fraction of sp³-hybridized carbons (Fsp3) is 0.222. The number of β-amino-alcohol motifs (C(OH)–C–C–N with tert-alkyl or cyclic N) is 1. The maximum absolute atomic E-state index is 11.6. The van der Waals surface area contributed by atoms with Crippen molar-refractivity contribution in [1.82, 2.24) is 9.88 Å². The van der Waals surface area contributed by atoms with E-state index in [1.807, 2.05) is 0 Å². The van der Waals surface area contributed by atoms with Gasteiger partial charge in [0.2, 0.25) is 0 Å². The third kappa shape index (κ3) is 1.10. The van der Waals surface area contributed by atoms with Gasteiger partial charge in [0.05, 0.1) is 18.7 Å². The summed E-state index contributed by atoms with van der Waals surface area (Å²) < 4.78 is 0. The molecule has 0 aromatic carbocycles. The van der Waals surface area contributed by atoms with Crippen LogP contribution in [0.3, 0.4) is 0 Å². The number of rotatable bonds is 2. The highest BCUT2D eigenvalue weighted by molar-refractivity contribution is 6.20. The van der Waals surface area contributed by atoms with Crippen molar-refractivity contribution >= 4 is 11.8 Å². The Balaban J connectivity index is 2.43. The van der Waals surface area contributed by atoms with Crippen molar-refractivity contribution in [2.24, 2.45) is 0 Å². The standard InChI is InChI=1S/C9H8N2O3/c12-5-4-11-8(13)6-2-1-3-10-7(6)9(11)14/h1-3,12H,4-5H2. The molecule has 0 atom stereocenters. The average molecular weight is 192 g/mol. The van der Waals surface area contributed by atoms with E-state index < -0.39 is 5.91 Å². The van der Waals surface area contributed by atoms with Gasteiger partial charge in [0, 0.05) is 6.20 Å². The SMILES string of the molecule is O=C1c2cccnc2C(=O)N1CCO. The normalized spacial score (nSPS) is 14.8. The van der Waals surface area contributed by atoms with Crippen LogP contribution in [0, 0.1) is 0 Å². The molecule has 1 aliphatic heterocycles. The van der Waals surface area contributed by atoms with E-state index >= 15 is 0 Å². The molecule has 1 N–H and O–H groups in total. The second-order valence-electron chi connectivity index (χ2n) is 2.89. The van der Waals surface area contributed by atoms with Crippen molar-refractivity contribution in [3.63, 3.8) is 0 Å². The predicted octanol–water partition coefficient (Wildman–Crippen LogP) is -0.330. The van der Waals surface area contributed by atoms with E-state index in [1.165, 1.54) is 6.20 Å². The zero-order chi connectivity index (χ0) is 10.1. The molecule has 0 radical (unpaired) electrons. The van der Waals surface area contributed by atoms with Gasteiger partial charge >= 0.3 is 0 Å². The molecule has 1 aliphatic rings. The zero-order valence-corrected chi connectivity index (χ0v) is 7.30. The molecule has 0 fully saturated rings. The average Bonchev–Trinajstić information content (AvgIpc) is 2.45. The third-order valence-electron chi connectivity index (χ3n) is 2.05. The van der Waals surface area contributed by atoms with Crippen molar-refractivity contribution in [3.8, 4) is 0 Å². The molecule has 0 spiro atoms. The zero-order valence-electron chi connectivity index (χ0n) is 7.30. The van der Waals surface area contributed by atoms with E-state index in [4.69, 9.17) is 5.11 Å². The van der Waals surface area contributed by atoms with E-state index in [0.717, 1.165) is 4.90 Å². The molecule has 2 rings (SSSR count). The summed E-state index contributed by atoms with van der Waals surface area (Å²) in [6.45, 7) is -0.209. The number of imide groups is 1. The number of aromatic nitrogens is 1. The van der Waals surface area contributed by atoms with Gasteiger partial charge in [0.1, 0.15) is 5.69 Å². The molecule has 5 nitrogen and oxygen atoms in total. The molecule has 2 heterocycles. The fourth-order valence-electron chi connectivity index (χ4n) is 1.42. The van der Waals surface area contributed by atoms with Gasteiger partial charge in [0.25, 0.3) is 11.8 Å². The van der Waals surface area contributed by atoms with Crippen molar-refractivity contribution < 1.29 is 14.7 Å². The third-order valence-corrected chi connectivity index (χ3v) is 2.05. The predicted molar refractivity (Wildman–Crippen MR) is 46.7 cm³/mol. The molecule has 0 saturated heterocycles. The number of pyridine rings is 1. The van der Waals surface area contributed by atoms with Crippen LogP contribution in [0.2, 0.25) is 0 Å². The Hall–Kier alpha value is -1.75. The lowest BCUT2D eigenvalue weighted by atomic mass is 10.2. The number of carbonyl (C=O) groups excluding carboxylic acids is 2. The van der Waals surface area contributed by atoms with Crippen LogP contribution in [0.15, 0.2) is 18.3 Å². The lowest BCUT2D eigenvalue weighted by Gasteiger charge is -2.10. The number of aliphatic hydroxyl groups is 1. The van der Waals surface area contributed by atoms with Crippen LogP contribution in [-0.2, 0) is 0 Å². The van der Waals surface area contributed by atoms with E-state index in [-0.39, 0.29) is 24.8 Å². The molecule has 2 amide bonds. The molecule has 14 heavy (non-hydrogen) atoms. The van der Waals surface area contributed by atoms with Crippen LogP contribution in [0.4, 0.5) is 0 Å². The molecule has 0 saturated carbocycles. The van der Waals surface area contributed by atoms with E-state index in [0.29, 0.717) is 5.56 Å². The molecule has 0 aliphatic carbocycles.